The molecular weight excluding hydrogens is 491 g/mol. The molecule has 0 radical (unpaired) electrons. The first kappa shape index (κ1) is 24.0. The fraction of sp³-hybridized carbons (Fsp3) is 0.348. The molecule has 0 amide bonds. The highest BCUT2D eigenvalue weighted by atomic mass is 127. The van der Waals surface area contributed by atoms with Crippen LogP contribution in [0.2, 0.25) is 0 Å². The monoisotopic (exact) mass is 522 g/mol. The molecule has 0 saturated carbocycles. The molecule has 0 fully saturated rings. The zero-order valence-corrected chi connectivity index (χ0v) is 20.1. The molecule has 2 aromatic carbocycles. The van der Waals surface area contributed by atoms with E-state index in [1.165, 1.54) is 22.0 Å². The van der Waals surface area contributed by atoms with Gasteiger partial charge in [-0.3, -0.25) is 4.99 Å². The number of aliphatic hydroxyl groups is 1. The largest absolute Gasteiger partial charge is 0.497 e. The predicted octanol–water partition coefficient (Wildman–Crippen LogP) is 3.93. The third-order valence-corrected chi connectivity index (χ3v) is 4.93. The number of hydrogen-bond donors (Lipinski definition) is 4. The van der Waals surface area contributed by atoms with Crippen molar-refractivity contribution in [1.29, 1.82) is 0 Å². The van der Waals surface area contributed by atoms with Gasteiger partial charge in [-0.25, -0.2) is 0 Å². The number of aromatic nitrogens is 1. The normalized spacial score (nSPS) is 12.3. The number of halogens is 1. The summed E-state index contributed by atoms with van der Waals surface area (Å²) in [7, 11) is 1.62. The van der Waals surface area contributed by atoms with Crippen molar-refractivity contribution in [2.45, 2.75) is 26.4 Å². The molecular formula is C23H31IN4O2. The fourth-order valence-corrected chi connectivity index (χ4v) is 3.44. The predicted molar refractivity (Wildman–Crippen MR) is 134 cm³/mol. The van der Waals surface area contributed by atoms with Crippen LogP contribution in [0, 0.1) is 6.92 Å². The topological polar surface area (TPSA) is 81.7 Å². The lowest BCUT2D eigenvalue weighted by atomic mass is 10.1. The minimum atomic E-state index is -0.683. The van der Waals surface area contributed by atoms with Crippen molar-refractivity contribution >= 4 is 40.8 Å². The smallest absolute Gasteiger partial charge is 0.191 e. The van der Waals surface area contributed by atoms with Crippen LogP contribution in [0.3, 0.4) is 0 Å². The number of nitrogens with one attached hydrogen (secondary N) is 3. The quantitative estimate of drug-likeness (QED) is 0.205. The number of guanidine groups is 1. The second-order valence-electron chi connectivity index (χ2n) is 7.00. The lowest BCUT2D eigenvalue weighted by Gasteiger charge is -2.14. The molecule has 3 aromatic rings. The zero-order chi connectivity index (χ0) is 20.6. The standard InChI is InChI=1S/C23H30N4O2.HI/c1-4-24-23(27-15-21(28)17-8-6-9-19(13-17)29-3)25-12-11-18-14-26-20-10-5-7-16(2)22(18)20;/h5-10,13-14,21,26,28H,4,11-12,15H2,1-3H3,(H2,24,25,27);1H. The Morgan fingerprint density at radius 1 is 1.20 bits per heavy atom. The molecule has 6 nitrogen and oxygen atoms in total. The number of methoxy groups -OCH3 is 1. The zero-order valence-electron chi connectivity index (χ0n) is 17.7. The summed E-state index contributed by atoms with van der Waals surface area (Å²) < 4.78 is 5.22. The summed E-state index contributed by atoms with van der Waals surface area (Å²) in [5, 5.41) is 18.4. The highest BCUT2D eigenvalue weighted by Gasteiger charge is 2.09. The first-order chi connectivity index (χ1) is 14.1. The van der Waals surface area contributed by atoms with E-state index in [1.807, 2.05) is 31.2 Å². The first-order valence-corrected chi connectivity index (χ1v) is 10.0. The fourth-order valence-electron chi connectivity index (χ4n) is 3.44. The number of aryl methyl sites for hydroxylation is 1. The Balaban J connectivity index is 0.00000320. The molecule has 4 N–H and O–H groups in total. The number of aliphatic imine (C=N–C) groups is 1. The molecule has 7 heteroatoms. The van der Waals surface area contributed by atoms with Crippen LogP contribution in [-0.4, -0.2) is 42.8 Å². The van der Waals surface area contributed by atoms with E-state index in [0.29, 0.717) is 5.96 Å². The van der Waals surface area contributed by atoms with E-state index in [0.717, 1.165) is 30.8 Å². The number of aliphatic hydroxyl groups excluding tert-OH is 1. The molecule has 1 aromatic heterocycles. The highest BCUT2D eigenvalue weighted by Crippen LogP contribution is 2.22. The van der Waals surface area contributed by atoms with E-state index < -0.39 is 6.10 Å². The van der Waals surface area contributed by atoms with Crippen LogP contribution >= 0.6 is 24.0 Å². The van der Waals surface area contributed by atoms with E-state index in [-0.39, 0.29) is 30.5 Å². The number of nitrogens with zero attached hydrogens (tertiary/aromatic N) is 1. The maximum atomic E-state index is 10.5. The van der Waals surface area contributed by atoms with Gasteiger partial charge in [0.25, 0.3) is 0 Å². The summed E-state index contributed by atoms with van der Waals surface area (Å²) in [4.78, 5) is 7.88. The lowest BCUT2D eigenvalue weighted by molar-refractivity contribution is 0.186. The Bertz CT molecular complexity index is 971. The first-order valence-electron chi connectivity index (χ1n) is 10.0. The van der Waals surface area contributed by atoms with Crippen LogP contribution in [0.1, 0.15) is 29.7 Å². The van der Waals surface area contributed by atoms with Gasteiger partial charge in [-0.2, -0.15) is 0 Å². The van der Waals surface area contributed by atoms with E-state index in [2.05, 4.69) is 51.9 Å². The minimum absolute atomic E-state index is 0. The molecule has 0 aliphatic carbocycles. The molecule has 0 spiro atoms. The molecule has 0 aliphatic heterocycles. The third kappa shape index (κ3) is 6.12. The third-order valence-electron chi connectivity index (χ3n) is 4.93. The van der Waals surface area contributed by atoms with E-state index in [9.17, 15) is 5.11 Å². The van der Waals surface area contributed by atoms with Gasteiger partial charge in [-0.1, -0.05) is 24.3 Å². The van der Waals surface area contributed by atoms with Gasteiger partial charge in [0.1, 0.15) is 5.75 Å². The Morgan fingerprint density at radius 3 is 2.77 bits per heavy atom. The summed E-state index contributed by atoms with van der Waals surface area (Å²) in [5.74, 6) is 1.43. The van der Waals surface area contributed by atoms with Gasteiger partial charge in [0.15, 0.2) is 5.96 Å². The number of H-pyrrole nitrogens is 1. The number of fused-ring (bicyclic) bond motifs is 1. The Hall–Kier alpha value is -2.26. The number of benzene rings is 2. The summed E-state index contributed by atoms with van der Waals surface area (Å²) in [5.41, 5.74) is 4.53. The second-order valence-corrected chi connectivity index (χ2v) is 7.00. The van der Waals surface area contributed by atoms with Crippen LogP contribution in [-0.2, 0) is 6.42 Å². The average molecular weight is 522 g/mol. The molecule has 0 saturated heterocycles. The Morgan fingerprint density at radius 2 is 2.00 bits per heavy atom. The van der Waals surface area contributed by atoms with Crippen molar-refractivity contribution in [3.8, 4) is 5.75 Å². The average Bonchev–Trinajstić information content (AvgIpc) is 3.16. The molecule has 3 rings (SSSR count). The SMILES string of the molecule is CCNC(=NCC(O)c1cccc(OC)c1)NCCc1c[nH]c2cccc(C)c12.I. The van der Waals surface area contributed by atoms with Gasteiger partial charge in [0, 0.05) is 30.2 Å². The number of hydrogen-bond acceptors (Lipinski definition) is 3. The summed E-state index contributed by atoms with van der Waals surface area (Å²) in [6, 6.07) is 13.7. The molecule has 1 heterocycles. The van der Waals surface area contributed by atoms with Crippen molar-refractivity contribution < 1.29 is 9.84 Å². The second kappa shape index (κ2) is 11.8. The molecule has 0 bridgehead atoms. The maximum Gasteiger partial charge on any atom is 0.191 e. The molecule has 1 unspecified atom stereocenters. The van der Waals surface area contributed by atoms with Crippen molar-refractivity contribution in [2.24, 2.45) is 4.99 Å². The van der Waals surface area contributed by atoms with Gasteiger partial charge in [0.2, 0.25) is 0 Å². The van der Waals surface area contributed by atoms with Gasteiger partial charge < -0.3 is 25.5 Å². The van der Waals surface area contributed by atoms with Crippen LogP contribution < -0.4 is 15.4 Å². The number of ether oxygens (including phenoxy) is 1. The number of aromatic amines is 1. The van der Waals surface area contributed by atoms with Gasteiger partial charge in [0.05, 0.1) is 19.8 Å². The lowest BCUT2D eigenvalue weighted by Crippen LogP contribution is -2.38. The molecule has 1 atom stereocenters. The van der Waals surface area contributed by atoms with Gasteiger partial charge >= 0.3 is 0 Å². The van der Waals surface area contributed by atoms with Gasteiger partial charge in [-0.05, 0) is 55.2 Å². The minimum Gasteiger partial charge on any atom is -0.497 e. The van der Waals surface area contributed by atoms with Crippen molar-refractivity contribution in [3.63, 3.8) is 0 Å². The van der Waals surface area contributed by atoms with Crippen LogP contribution in [0.15, 0.2) is 53.7 Å². The number of rotatable bonds is 8. The molecule has 30 heavy (non-hydrogen) atoms. The van der Waals surface area contributed by atoms with E-state index in [1.54, 1.807) is 7.11 Å². The van der Waals surface area contributed by atoms with Crippen molar-refractivity contribution in [2.75, 3.05) is 26.7 Å². The van der Waals surface area contributed by atoms with Crippen molar-refractivity contribution in [3.05, 3.63) is 65.4 Å². The Labute approximate surface area is 195 Å². The van der Waals surface area contributed by atoms with E-state index >= 15 is 0 Å². The van der Waals surface area contributed by atoms with E-state index in [4.69, 9.17) is 4.74 Å². The molecule has 0 aliphatic rings. The Kier molecular flexibility index (Phi) is 9.45. The van der Waals surface area contributed by atoms with Crippen LogP contribution in [0.4, 0.5) is 0 Å². The summed E-state index contributed by atoms with van der Waals surface area (Å²) in [6.07, 6.45) is 2.28. The van der Waals surface area contributed by atoms with Crippen LogP contribution in [0.25, 0.3) is 10.9 Å². The van der Waals surface area contributed by atoms with Crippen molar-refractivity contribution in [1.82, 2.24) is 15.6 Å². The van der Waals surface area contributed by atoms with Crippen LogP contribution in [0.5, 0.6) is 5.75 Å². The molecule has 162 valence electrons. The summed E-state index contributed by atoms with van der Waals surface area (Å²) >= 11 is 0. The highest BCUT2D eigenvalue weighted by molar-refractivity contribution is 14.0. The van der Waals surface area contributed by atoms with Gasteiger partial charge in [-0.15, -0.1) is 24.0 Å². The summed E-state index contributed by atoms with van der Waals surface area (Å²) in [6.45, 7) is 5.95. The maximum absolute atomic E-state index is 10.5.